The van der Waals surface area contributed by atoms with Gasteiger partial charge in [-0.1, -0.05) is 52.5 Å². The molecule has 0 fully saturated rings. The molecule has 1 rings (SSSR count). The van der Waals surface area contributed by atoms with Crippen LogP contribution in [-0.2, 0) is 9.97 Å². The van der Waals surface area contributed by atoms with Gasteiger partial charge < -0.3 is 0 Å². The highest BCUT2D eigenvalue weighted by atomic mass is 35.6. The van der Waals surface area contributed by atoms with Gasteiger partial charge in [-0.25, -0.2) is 0 Å². The van der Waals surface area contributed by atoms with E-state index in [4.69, 9.17) is 46.4 Å². The average molecular weight is 298 g/mol. The van der Waals surface area contributed by atoms with Gasteiger partial charge in [0.2, 0.25) is 3.79 Å². The van der Waals surface area contributed by atoms with Crippen LogP contribution in [0.1, 0.15) is 11.1 Å². The summed E-state index contributed by atoms with van der Waals surface area (Å²) in [5.74, 6) is 0. The van der Waals surface area contributed by atoms with Crippen LogP contribution in [0.3, 0.4) is 0 Å². The lowest BCUT2D eigenvalue weighted by molar-refractivity contribution is -0.138. The fraction of sp³-hybridized carbons (Fsp3) is 0.250. The van der Waals surface area contributed by atoms with Gasteiger partial charge in [0.25, 0.3) is 0 Å². The summed E-state index contributed by atoms with van der Waals surface area (Å²) in [4.78, 5) is 0. The number of hydrogen-bond acceptors (Lipinski definition) is 0. The molecule has 0 aromatic heterocycles. The summed E-state index contributed by atoms with van der Waals surface area (Å²) in [6.07, 6.45) is -4.61. The van der Waals surface area contributed by atoms with E-state index in [0.717, 1.165) is 12.1 Å². The third-order valence-corrected chi connectivity index (χ3v) is 2.44. The van der Waals surface area contributed by atoms with E-state index in [-0.39, 0.29) is 5.02 Å². The van der Waals surface area contributed by atoms with Crippen LogP contribution in [-0.4, -0.2) is 0 Å². The van der Waals surface area contributed by atoms with Crippen molar-refractivity contribution >= 4 is 46.4 Å². The molecule has 0 nitrogen and oxygen atoms in total. The lowest BCUT2D eigenvalue weighted by atomic mass is 10.1. The van der Waals surface area contributed by atoms with Crippen molar-refractivity contribution in [3.05, 3.63) is 34.3 Å². The third kappa shape index (κ3) is 3.31. The molecule has 0 unspecified atom stereocenters. The number of halogens is 7. The van der Waals surface area contributed by atoms with Crippen LogP contribution in [0.25, 0.3) is 0 Å². The summed E-state index contributed by atoms with van der Waals surface area (Å²) in [6, 6.07) is 2.99. The van der Waals surface area contributed by atoms with Gasteiger partial charge >= 0.3 is 6.18 Å². The molecular weight excluding hydrogens is 295 g/mol. The molecule has 0 saturated carbocycles. The van der Waals surface area contributed by atoms with Gasteiger partial charge in [-0.2, -0.15) is 13.2 Å². The first-order valence-electron chi connectivity index (χ1n) is 3.56. The largest absolute Gasteiger partial charge is 0.416 e. The topological polar surface area (TPSA) is 0 Å². The Balaban J connectivity index is 3.41. The van der Waals surface area contributed by atoms with Crippen LogP contribution in [0.15, 0.2) is 18.2 Å². The van der Waals surface area contributed by atoms with Gasteiger partial charge in [0.1, 0.15) is 0 Å². The highest BCUT2D eigenvalue weighted by Gasteiger charge is 2.39. The van der Waals surface area contributed by atoms with Crippen LogP contribution >= 0.6 is 46.4 Å². The summed E-state index contributed by atoms with van der Waals surface area (Å²) in [5, 5.41) is -0.0691. The molecule has 0 aliphatic carbocycles. The van der Waals surface area contributed by atoms with E-state index in [1.165, 1.54) is 6.07 Å². The molecule has 0 radical (unpaired) electrons. The van der Waals surface area contributed by atoms with Crippen LogP contribution in [0.2, 0.25) is 5.02 Å². The number of benzene rings is 1. The van der Waals surface area contributed by atoms with Crippen molar-refractivity contribution in [2.45, 2.75) is 9.97 Å². The maximum Gasteiger partial charge on any atom is 0.416 e. The van der Waals surface area contributed by atoms with Crippen molar-refractivity contribution in [2.75, 3.05) is 0 Å². The van der Waals surface area contributed by atoms with Crippen molar-refractivity contribution in [1.29, 1.82) is 0 Å². The van der Waals surface area contributed by atoms with Crippen LogP contribution in [0.5, 0.6) is 0 Å². The van der Waals surface area contributed by atoms with Crippen molar-refractivity contribution < 1.29 is 13.2 Å². The van der Waals surface area contributed by atoms with Gasteiger partial charge in [-0.3, -0.25) is 0 Å². The maximum atomic E-state index is 12.5. The Bertz CT molecular complexity index is 367. The first kappa shape index (κ1) is 13.2. The Morgan fingerprint density at radius 3 is 1.87 bits per heavy atom. The summed E-state index contributed by atoms with van der Waals surface area (Å²) >= 11 is 21.7. The number of hydrogen-bond donors (Lipinski definition) is 0. The molecule has 0 aliphatic rings. The Hall–Kier alpha value is 0.170. The van der Waals surface area contributed by atoms with Crippen LogP contribution in [0, 0.1) is 0 Å². The Labute approximate surface area is 104 Å². The van der Waals surface area contributed by atoms with Crippen LogP contribution in [0.4, 0.5) is 13.2 Å². The number of rotatable bonds is 0. The zero-order valence-electron chi connectivity index (χ0n) is 6.88. The minimum atomic E-state index is -4.61. The quantitative estimate of drug-likeness (QED) is 0.578. The monoisotopic (exact) mass is 296 g/mol. The molecule has 0 amide bonds. The predicted octanol–water partition coefficient (Wildman–Crippen LogP) is 5.19. The second-order valence-corrected chi connectivity index (χ2v) is 5.40. The first-order valence-corrected chi connectivity index (χ1v) is 5.07. The zero-order valence-corrected chi connectivity index (χ0v) is 9.90. The average Bonchev–Trinajstić information content (AvgIpc) is 2.00. The van der Waals surface area contributed by atoms with E-state index in [1.807, 2.05) is 0 Å². The molecule has 0 heterocycles. The standard InChI is InChI=1S/C8H3Cl4F3/c9-4-1-2-5(7(10,11)12)6(3-4)8(13,14)15/h1-3H. The minimum absolute atomic E-state index is 0.0691. The Kier molecular flexibility index (Phi) is 3.71. The van der Waals surface area contributed by atoms with E-state index in [0.29, 0.717) is 0 Å². The Morgan fingerprint density at radius 2 is 1.47 bits per heavy atom. The molecule has 0 saturated heterocycles. The Morgan fingerprint density at radius 1 is 0.933 bits per heavy atom. The summed E-state index contributed by atoms with van der Waals surface area (Å²) in [5.41, 5.74) is -1.49. The van der Waals surface area contributed by atoms with Crippen LogP contribution < -0.4 is 0 Å². The van der Waals surface area contributed by atoms with Crippen molar-refractivity contribution in [2.24, 2.45) is 0 Å². The van der Waals surface area contributed by atoms with Crippen molar-refractivity contribution in [3.63, 3.8) is 0 Å². The molecule has 1 aromatic rings. The normalized spacial score (nSPS) is 13.0. The lowest BCUT2D eigenvalue weighted by Crippen LogP contribution is -2.14. The summed E-state index contributed by atoms with van der Waals surface area (Å²) < 4.78 is 35.4. The van der Waals surface area contributed by atoms with Crippen molar-refractivity contribution in [3.8, 4) is 0 Å². The smallest absolute Gasteiger partial charge is 0.166 e. The van der Waals surface area contributed by atoms with Gasteiger partial charge in [0.15, 0.2) is 0 Å². The van der Waals surface area contributed by atoms with Gasteiger partial charge in [-0.15, -0.1) is 0 Å². The number of alkyl halides is 6. The molecular formula is C8H3Cl4F3. The van der Waals surface area contributed by atoms with E-state index in [2.05, 4.69) is 0 Å². The van der Waals surface area contributed by atoms with E-state index in [9.17, 15) is 13.2 Å². The summed E-state index contributed by atoms with van der Waals surface area (Å²) in [6.45, 7) is 0. The van der Waals surface area contributed by atoms with E-state index < -0.39 is 21.1 Å². The molecule has 0 atom stereocenters. The van der Waals surface area contributed by atoms with Crippen molar-refractivity contribution in [1.82, 2.24) is 0 Å². The fourth-order valence-electron chi connectivity index (χ4n) is 0.998. The molecule has 0 aliphatic heterocycles. The third-order valence-electron chi connectivity index (χ3n) is 1.59. The molecule has 1 aromatic carbocycles. The molecule has 15 heavy (non-hydrogen) atoms. The second-order valence-electron chi connectivity index (χ2n) is 2.69. The molecule has 84 valence electrons. The second kappa shape index (κ2) is 4.21. The SMILES string of the molecule is FC(F)(F)c1cc(Cl)ccc1C(Cl)(Cl)Cl. The fourth-order valence-corrected chi connectivity index (χ4v) is 1.66. The zero-order chi connectivity index (χ0) is 11.9. The van der Waals surface area contributed by atoms with E-state index in [1.54, 1.807) is 0 Å². The highest BCUT2D eigenvalue weighted by Crippen LogP contribution is 2.45. The molecule has 0 N–H and O–H groups in total. The highest BCUT2D eigenvalue weighted by molar-refractivity contribution is 6.66. The van der Waals surface area contributed by atoms with E-state index >= 15 is 0 Å². The lowest BCUT2D eigenvalue weighted by Gasteiger charge is -2.18. The van der Waals surface area contributed by atoms with Gasteiger partial charge in [0.05, 0.1) is 5.56 Å². The van der Waals surface area contributed by atoms with Gasteiger partial charge in [0, 0.05) is 10.6 Å². The first-order chi connectivity index (χ1) is 6.62. The predicted molar refractivity (Wildman–Crippen MR) is 55.7 cm³/mol. The molecule has 7 heteroatoms. The minimum Gasteiger partial charge on any atom is -0.166 e. The molecule has 0 spiro atoms. The summed E-state index contributed by atoms with van der Waals surface area (Å²) in [7, 11) is 0. The maximum absolute atomic E-state index is 12.5. The van der Waals surface area contributed by atoms with Gasteiger partial charge in [-0.05, 0) is 12.1 Å². The molecule has 0 bridgehead atoms.